The lowest BCUT2D eigenvalue weighted by atomic mass is 9.88. The van der Waals surface area contributed by atoms with Gasteiger partial charge in [0.05, 0.1) is 12.8 Å². The Kier molecular flexibility index (Phi) is 4.05. The third-order valence-corrected chi connectivity index (χ3v) is 2.49. The van der Waals surface area contributed by atoms with Crippen LogP contribution in [0.25, 0.3) is 0 Å². The van der Waals surface area contributed by atoms with Crippen LogP contribution < -0.4 is 4.74 Å². The topological polar surface area (TPSA) is 39.2 Å². The molecule has 1 aromatic heterocycles. The standard InChI is InChI=1S/C13H19NO2/c1-13(2,3)12(15)8-7-10-11(16-4)6-5-9-14-10/h5-6,9H,7-8H2,1-4H3. The highest BCUT2D eigenvalue weighted by molar-refractivity contribution is 5.83. The molecule has 0 amide bonds. The summed E-state index contributed by atoms with van der Waals surface area (Å²) >= 11 is 0. The maximum atomic E-state index is 11.8. The Hall–Kier alpha value is -1.38. The second kappa shape index (κ2) is 5.10. The number of aromatic nitrogens is 1. The first-order chi connectivity index (χ1) is 7.45. The van der Waals surface area contributed by atoms with Gasteiger partial charge in [-0.05, 0) is 12.1 Å². The molecule has 0 atom stereocenters. The van der Waals surface area contributed by atoms with Crippen LogP contribution in [-0.4, -0.2) is 17.9 Å². The molecule has 1 heterocycles. The highest BCUT2D eigenvalue weighted by Crippen LogP contribution is 2.21. The van der Waals surface area contributed by atoms with Gasteiger partial charge in [-0.3, -0.25) is 9.78 Å². The smallest absolute Gasteiger partial charge is 0.140 e. The molecule has 0 aromatic carbocycles. The summed E-state index contributed by atoms with van der Waals surface area (Å²) < 4.78 is 5.19. The minimum Gasteiger partial charge on any atom is -0.495 e. The Bertz CT molecular complexity index is 366. The van der Waals surface area contributed by atoms with E-state index in [0.717, 1.165) is 11.4 Å². The molecule has 3 heteroatoms. The summed E-state index contributed by atoms with van der Waals surface area (Å²) in [4.78, 5) is 16.0. The maximum Gasteiger partial charge on any atom is 0.140 e. The first-order valence-corrected chi connectivity index (χ1v) is 5.46. The van der Waals surface area contributed by atoms with Gasteiger partial charge in [-0.25, -0.2) is 0 Å². The van der Waals surface area contributed by atoms with Crippen molar-refractivity contribution in [2.24, 2.45) is 5.41 Å². The predicted octanol–water partition coefficient (Wildman–Crippen LogP) is 2.64. The second-order valence-electron chi connectivity index (χ2n) is 4.83. The number of Topliss-reactive ketones (excluding diaryl/α,β-unsaturated/α-hetero) is 1. The van der Waals surface area contributed by atoms with E-state index in [0.29, 0.717) is 12.8 Å². The number of rotatable bonds is 4. The SMILES string of the molecule is COc1cccnc1CCC(=O)C(C)(C)C. The van der Waals surface area contributed by atoms with E-state index >= 15 is 0 Å². The molecular formula is C13H19NO2. The number of pyridine rings is 1. The van der Waals surface area contributed by atoms with Crippen LogP contribution in [0.3, 0.4) is 0 Å². The molecule has 0 bridgehead atoms. The van der Waals surface area contributed by atoms with Gasteiger partial charge < -0.3 is 4.74 Å². The molecule has 0 saturated carbocycles. The lowest BCUT2D eigenvalue weighted by molar-refractivity contribution is -0.126. The Morgan fingerprint density at radius 3 is 2.69 bits per heavy atom. The monoisotopic (exact) mass is 221 g/mol. The highest BCUT2D eigenvalue weighted by Gasteiger charge is 2.21. The molecule has 16 heavy (non-hydrogen) atoms. The van der Waals surface area contributed by atoms with Gasteiger partial charge in [0, 0.05) is 24.5 Å². The van der Waals surface area contributed by atoms with Crippen LogP contribution in [0.5, 0.6) is 5.75 Å². The van der Waals surface area contributed by atoms with Gasteiger partial charge in [0.15, 0.2) is 0 Å². The zero-order valence-electron chi connectivity index (χ0n) is 10.4. The van der Waals surface area contributed by atoms with Crippen LogP contribution in [0.4, 0.5) is 0 Å². The number of carbonyl (C=O) groups is 1. The van der Waals surface area contributed by atoms with Gasteiger partial charge in [-0.2, -0.15) is 0 Å². The molecule has 0 unspecified atom stereocenters. The van der Waals surface area contributed by atoms with Crippen molar-refractivity contribution in [3.05, 3.63) is 24.0 Å². The molecule has 0 aliphatic rings. The van der Waals surface area contributed by atoms with Gasteiger partial charge in [0.2, 0.25) is 0 Å². The fraction of sp³-hybridized carbons (Fsp3) is 0.538. The van der Waals surface area contributed by atoms with E-state index < -0.39 is 0 Å². The first-order valence-electron chi connectivity index (χ1n) is 5.46. The van der Waals surface area contributed by atoms with E-state index in [1.54, 1.807) is 13.3 Å². The molecule has 0 aliphatic carbocycles. The van der Waals surface area contributed by atoms with E-state index in [-0.39, 0.29) is 11.2 Å². The van der Waals surface area contributed by atoms with Gasteiger partial charge in [0.1, 0.15) is 11.5 Å². The minimum atomic E-state index is -0.276. The van der Waals surface area contributed by atoms with Crippen LogP contribution in [0, 0.1) is 5.41 Å². The average Bonchev–Trinajstić information content (AvgIpc) is 2.24. The third kappa shape index (κ3) is 3.33. The van der Waals surface area contributed by atoms with Crippen molar-refractivity contribution in [3.63, 3.8) is 0 Å². The summed E-state index contributed by atoms with van der Waals surface area (Å²) in [5.41, 5.74) is 0.574. The summed E-state index contributed by atoms with van der Waals surface area (Å²) in [6, 6.07) is 3.69. The van der Waals surface area contributed by atoms with Crippen molar-refractivity contribution in [1.29, 1.82) is 0 Å². The summed E-state index contributed by atoms with van der Waals surface area (Å²) in [7, 11) is 1.62. The van der Waals surface area contributed by atoms with Crippen LogP contribution in [0.2, 0.25) is 0 Å². The summed E-state index contributed by atoms with van der Waals surface area (Å²) in [5.74, 6) is 1.00. The molecule has 0 N–H and O–H groups in total. The number of nitrogens with zero attached hydrogens (tertiary/aromatic N) is 1. The Morgan fingerprint density at radius 1 is 1.44 bits per heavy atom. The van der Waals surface area contributed by atoms with Crippen LogP contribution in [-0.2, 0) is 11.2 Å². The Morgan fingerprint density at radius 2 is 2.12 bits per heavy atom. The number of methoxy groups -OCH3 is 1. The molecule has 1 rings (SSSR count). The lowest BCUT2D eigenvalue weighted by Crippen LogP contribution is -2.20. The van der Waals surface area contributed by atoms with E-state index in [9.17, 15) is 4.79 Å². The minimum absolute atomic E-state index is 0.250. The molecule has 0 saturated heterocycles. The number of aryl methyl sites for hydroxylation is 1. The van der Waals surface area contributed by atoms with E-state index in [1.165, 1.54) is 0 Å². The number of ketones is 1. The van der Waals surface area contributed by atoms with E-state index in [1.807, 2.05) is 32.9 Å². The summed E-state index contributed by atoms with van der Waals surface area (Å²) in [6.07, 6.45) is 2.87. The fourth-order valence-corrected chi connectivity index (χ4v) is 1.40. The van der Waals surface area contributed by atoms with Crippen molar-refractivity contribution < 1.29 is 9.53 Å². The molecule has 1 aromatic rings. The Balaban J connectivity index is 2.65. The second-order valence-corrected chi connectivity index (χ2v) is 4.83. The average molecular weight is 221 g/mol. The molecule has 3 nitrogen and oxygen atoms in total. The van der Waals surface area contributed by atoms with Gasteiger partial charge in [0.25, 0.3) is 0 Å². The van der Waals surface area contributed by atoms with Crippen molar-refractivity contribution >= 4 is 5.78 Å². The first kappa shape index (κ1) is 12.7. The summed E-state index contributed by atoms with van der Waals surface area (Å²) in [5, 5.41) is 0. The van der Waals surface area contributed by atoms with E-state index in [4.69, 9.17) is 4.74 Å². The van der Waals surface area contributed by atoms with Crippen LogP contribution >= 0.6 is 0 Å². The van der Waals surface area contributed by atoms with E-state index in [2.05, 4.69) is 4.98 Å². The quantitative estimate of drug-likeness (QED) is 0.784. The zero-order chi connectivity index (χ0) is 12.2. The highest BCUT2D eigenvalue weighted by atomic mass is 16.5. The molecule has 88 valence electrons. The normalized spacial score (nSPS) is 11.2. The van der Waals surface area contributed by atoms with Gasteiger partial charge >= 0.3 is 0 Å². The van der Waals surface area contributed by atoms with Crippen LogP contribution in [0.1, 0.15) is 32.9 Å². The Labute approximate surface area is 96.8 Å². The number of carbonyl (C=O) groups excluding carboxylic acids is 1. The van der Waals surface area contributed by atoms with Crippen LogP contribution in [0.15, 0.2) is 18.3 Å². The van der Waals surface area contributed by atoms with Crippen molar-refractivity contribution in [2.45, 2.75) is 33.6 Å². The summed E-state index contributed by atoms with van der Waals surface area (Å²) in [6.45, 7) is 5.81. The zero-order valence-corrected chi connectivity index (χ0v) is 10.4. The largest absolute Gasteiger partial charge is 0.495 e. The molecule has 0 fully saturated rings. The van der Waals surface area contributed by atoms with Gasteiger partial charge in [-0.1, -0.05) is 20.8 Å². The number of hydrogen-bond acceptors (Lipinski definition) is 3. The number of ether oxygens (including phenoxy) is 1. The third-order valence-electron chi connectivity index (χ3n) is 2.49. The molecule has 0 aliphatic heterocycles. The molecule has 0 spiro atoms. The molecular weight excluding hydrogens is 202 g/mol. The lowest BCUT2D eigenvalue weighted by Gasteiger charge is -2.16. The van der Waals surface area contributed by atoms with Crippen molar-refractivity contribution in [3.8, 4) is 5.75 Å². The van der Waals surface area contributed by atoms with Crippen molar-refractivity contribution in [2.75, 3.05) is 7.11 Å². The van der Waals surface area contributed by atoms with Gasteiger partial charge in [-0.15, -0.1) is 0 Å². The number of hydrogen-bond donors (Lipinski definition) is 0. The fourth-order valence-electron chi connectivity index (χ4n) is 1.40. The van der Waals surface area contributed by atoms with Crippen molar-refractivity contribution in [1.82, 2.24) is 4.98 Å². The predicted molar refractivity (Wildman–Crippen MR) is 63.6 cm³/mol. The molecule has 0 radical (unpaired) electrons. The maximum absolute atomic E-state index is 11.8.